The number of hydrogen-bond acceptors (Lipinski definition) is 3. The van der Waals surface area contributed by atoms with Crippen LogP contribution in [0.15, 0.2) is 17.3 Å². The SMILES string of the molecule is Cn1cc(SCC2(CC(=N)N)CC2)cn1. The van der Waals surface area contributed by atoms with E-state index in [-0.39, 0.29) is 0 Å². The molecule has 15 heavy (non-hydrogen) atoms. The highest BCUT2D eigenvalue weighted by Crippen LogP contribution is 2.51. The van der Waals surface area contributed by atoms with Gasteiger partial charge in [-0.2, -0.15) is 5.10 Å². The third-order valence-electron chi connectivity index (χ3n) is 2.75. The highest BCUT2D eigenvalue weighted by molar-refractivity contribution is 7.99. The van der Waals surface area contributed by atoms with Crippen LogP contribution in [0.3, 0.4) is 0 Å². The molecule has 0 aliphatic heterocycles. The number of rotatable bonds is 5. The van der Waals surface area contributed by atoms with Crippen LogP contribution in [0.5, 0.6) is 0 Å². The molecule has 0 amide bonds. The summed E-state index contributed by atoms with van der Waals surface area (Å²) in [4.78, 5) is 1.20. The summed E-state index contributed by atoms with van der Waals surface area (Å²) >= 11 is 1.82. The molecule has 1 aromatic rings. The standard InChI is InChI=1S/C10H16N4S/c1-14-6-8(5-13-14)15-7-10(2-3-10)4-9(11)12/h5-6H,2-4,7H2,1H3,(H3,11,12). The summed E-state index contributed by atoms with van der Waals surface area (Å²) in [6.07, 6.45) is 7.07. The molecule has 0 unspecified atom stereocenters. The van der Waals surface area contributed by atoms with Crippen LogP contribution in [-0.2, 0) is 7.05 Å². The second-order valence-electron chi connectivity index (χ2n) is 4.34. The molecule has 0 spiro atoms. The molecule has 1 heterocycles. The molecule has 1 aromatic heterocycles. The minimum atomic E-state index is 0.312. The van der Waals surface area contributed by atoms with Crippen molar-refractivity contribution in [3.8, 4) is 0 Å². The fraction of sp³-hybridized carbons (Fsp3) is 0.600. The monoisotopic (exact) mass is 224 g/mol. The Hall–Kier alpha value is -0.970. The lowest BCUT2D eigenvalue weighted by molar-refractivity contribution is 0.612. The Labute approximate surface area is 93.7 Å². The minimum Gasteiger partial charge on any atom is -0.388 e. The Morgan fingerprint density at radius 3 is 2.93 bits per heavy atom. The zero-order chi connectivity index (χ0) is 10.9. The first kappa shape index (κ1) is 10.5. The predicted octanol–water partition coefficient (Wildman–Crippen LogP) is 1.62. The summed E-state index contributed by atoms with van der Waals surface area (Å²) in [5.41, 5.74) is 5.76. The van der Waals surface area contributed by atoms with Gasteiger partial charge < -0.3 is 5.73 Å². The first-order valence-electron chi connectivity index (χ1n) is 5.04. The molecule has 0 saturated heterocycles. The molecular weight excluding hydrogens is 208 g/mol. The molecule has 0 atom stereocenters. The van der Waals surface area contributed by atoms with E-state index in [1.54, 1.807) is 0 Å². The van der Waals surface area contributed by atoms with Crippen molar-refractivity contribution < 1.29 is 0 Å². The second kappa shape index (κ2) is 3.89. The van der Waals surface area contributed by atoms with Crippen LogP contribution in [0, 0.1) is 10.8 Å². The highest BCUT2D eigenvalue weighted by atomic mass is 32.2. The fourth-order valence-electron chi connectivity index (χ4n) is 1.66. The molecule has 2 rings (SSSR count). The van der Waals surface area contributed by atoms with Gasteiger partial charge in [0.25, 0.3) is 0 Å². The zero-order valence-electron chi connectivity index (χ0n) is 8.86. The molecule has 0 radical (unpaired) electrons. The average Bonchev–Trinajstić information content (AvgIpc) is 2.77. The van der Waals surface area contributed by atoms with E-state index in [2.05, 4.69) is 5.10 Å². The highest BCUT2D eigenvalue weighted by Gasteiger charge is 2.42. The van der Waals surface area contributed by atoms with E-state index in [1.165, 1.54) is 17.7 Å². The van der Waals surface area contributed by atoms with Crippen molar-refractivity contribution in [2.45, 2.75) is 24.2 Å². The van der Waals surface area contributed by atoms with Gasteiger partial charge in [0.1, 0.15) is 0 Å². The van der Waals surface area contributed by atoms with Crippen molar-refractivity contribution in [3.63, 3.8) is 0 Å². The van der Waals surface area contributed by atoms with Gasteiger partial charge in [-0.25, -0.2) is 0 Å². The lowest BCUT2D eigenvalue weighted by Crippen LogP contribution is -2.17. The summed E-state index contributed by atoms with van der Waals surface area (Å²) in [5.74, 6) is 1.37. The number of thioether (sulfide) groups is 1. The molecule has 1 saturated carbocycles. The van der Waals surface area contributed by atoms with E-state index < -0.39 is 0 Å². The molecule has 1 fully saturated rings. The van der Waals surface area contributed by atoms with Crippen LogP contribution in [0.4, 0.5) is 0 Å². The molecule has 1 aliphatic carbocycles. The fourth-order valence-corrected chi connectivity index (χ4v) is 2.88. The van der Waals surface area contributed by atoms with Crippen LogP contribution in [-0.4, -0.2) is 21.4 Å². The van der Waals surface area contributed by atoms with Gasteiger partial charge in [0.05, 0.1) is 12.0 Å². The topological polar surface area (TPSA) is 67.7 Å². The third-order valence-corrected chi connectivity index (χ3v) is 4.05. The third kappa shape index (κ3) is 2.75. The quantitative estimate of drug-likeness (QED) is 0.453. The van der Waals surface area contributed by atoms with Crippen molar-refractivity contribution >= 4 is 17.6 Å². The lowest BCUT2D eigenvalue weighted by atomic mass is 10.1. The smallest absolute Gasteiger partial charge is 0.0911 e. The number of hydrogen-bond donors (Lipinski definition) is 2. The van der Waals surface area contributed by atoms with Crippen molar-refractivity contribution in [1.82, 2.24) is 9.78 Å². The first-order valence-corrected chi connectivity index (χ1v) is 6.03. The lowest BCUT2D eigenvalue weighted by Gasteiger charge is -2.12. The Kier molecular flexibility index (Phi) is 2.73. The number of nitrogens with zero attached hydrogens (tertiary/aromatic N) is 2. The maximum atomic E-state index is 7.33. The second-order valence-corrected chi connectivity index (χ2v) is 5.39. The van der Waals surface area contributed by atoms with Gasteiger partial charge in [-0.1, -0.05) is 0 Å². The summed E-state index contributed by atoms with van der Waals surface area (Å²) in [6.45, 7) is 0. The van der Waals surface area contributed by atoms with Gasteiger partial charge in [-0.05, 0) is 18.3 Å². The Bertz CT molecular complexity index is 367. The number of amidine groups is 1. The first-order chi connectivity index (χ1) is 7.10. The van der Waals surface area contributed by atoms with Crippen molar-refractivity contribution in [3.05, 3.63) is 12.4 Å². The van der Waals surface area contributed by atoms with Gasteiger partial charge in [0.2, 0.25) is 0 Å². The van der Waals surface area contributed by atoms with Crippen molar-refractivity contribution in [1.29, 1.82) is 5.41 Å². The van der Waals surface area contributed by atoms with Crippen LogP contribution in [0.25, 0.3) is 0 Å². The summed E-state index contributed by atoms with van der Waals surface area (Å²) in [7, 11) is 1.92. The molecule has 3 N–H and O–H groups in total. The average molecular weight is 224 g/mol. The van der Waals surface area contributed by atoms with E-state index in [0.717, 1.165) is 12.2 Å². The van der Waals surface area contributed by atoms with Crippen LogP contribution >= 0.6 is 11.8 Å². The van der Waals surface area contributed by atoms with Gasteiger partial charge in [-0.15, -0.1) is 11.8 Å². The van der Waals surface area contributed by atoms with Crippen LogP contribution < -0.4 is 5.73 Å². The number of aromatic nitrogens is 2. The maximum absolute atomic E-state index is 7.33. The molecule has 0 aromatic carbocycles. The van der Waals surface area contributed by atoms with Gasteiger partial charge in [0.15, 0.2) is 0 Å². The number of nitrogens with one attached hydrogen (secondary N) is 1. The molecular formula is C10H16N4S. The molecule has 0 bridgehead atoms. The molecule has 1 aliphatic rings. The van der Waals surface area contributed by atoms with E-state index in [1.807, 2.05) is 35.9 Å². The molecule has 5 heteroatoms. The zero-order valence-corrected chi connectivity index (χ0v) is 9.68. The van der Waals surface area contributed by atoms with Gasteiger partial charge >= 0.3 is 0 Å². The van der Waals surface area contributed by atoms with E-state index >= 15 is 0 Å². The van der Waals surface area contributed by atoms with E-state index in [9.17, 15) is 0 Å². The predicted molar refractivity (Wildman–Crippen MR) is 62.1 cm³/mol. The maximum Gasteiger partial charge on any atom is 0.0911 e. The summed E-state index contributed by atoms with van der Waals surface area (Å²) in [5, 5.41) is 11.5. The molecule has 82 valence electrons. The van der Waals surface area contributed by atoms with E-state index in [0.29, 0.717) is 11.3 Å². The minimum absolute atomic E-state index is 0.312. The van der Waals surface area contributed by atoms with Crippen molar-refractivity contribution in [2.24, 2.45) is 18.2 Å². The Morgan fingerprint density at radius 2 is 2.47 bits per heavy atom. The van der Waals surface area contributed by atoms with E-state index in [4.69, 9.17) is 11.1 Å². The van der Waals surface area contributed by atoms with Crippen molar-refractivity contribution in [2.75, 3.05) is 5.75 Å². The molecule has 4 nitrogen and oxygen atoms in total. The summed E-state index contributed by atoms with van der Waals surface area (Å²) in [6, 6.07) is 0. The number of aryl methyl sites for hydroxylation is 1. The largest absolute Gasteiger partial charge is 0.388 e. The normalized spacial score (nSPS) is 17.7. The Morgan fingerprint density at radius 1 is 1.73 bits per heavy atom. The summed E-state index contributed by atoms with van der Waals surface area (Å²) < 4.78 is 1.81. The van der Waals surface area contributed by atoms with Crippen LogP contribution in [0.1, 0.15) is 19.3 Å². The van der Waals surface area contributed by atoms with Crippen LogP contribution in [0.2, 0.25) is 0 Å². The van der Waals surface area contributed by atoms with Gasteiger partial charge in [-0.3, -0.25) is 10.1 Å². The Balaban J connectivity index is 1.85. The van der Waals surface area contributed by atoms with Gasteiger partial charge in [0, 0.05) is 30.3 Å². The number of nitrogens with two attached hydrogens (primary N) is 1.